The molecular weight excluding hydrogens is 222 g/mol. The standard InChI is InChI=1S/C12H17NO2S/c1-3-15-12(14)8-16-11-6-4-5-10(7-11)9(2)13/h4-7,9H,3,8,13H2,1-2H3. The van der Waals surface area contributed by atoms with Crippen LogP contribution in [-0.2, 0) is 9.53 Å². The molecular formula is C12H17NO2S. The number of ether oxygens (including phenoxy) is 1. The van der Waals surface area contributed by atoms with Crippen molar-refractivity contribution in [1.29, 1.82) is 0 Å². The van der Waals surface area contributed by atoms with Crippen molar-refractivity contribution >= 4 is 17.7 Å². The van der Waals surface area contributed by atoms with Gasteiger partial charge in [-0.25, -0.2) is 0 Å². The highest BCUT2D eigenvalue weighted by atomic mass is 32.2. The number of hydrogen-bond donors (Lipinski definition) is 1. The van der Waals surface area contributed by atoms with Crippen molar-refractivity contribution in [2.75, 3.05) is 12.4 Å². The third-order valence-electron chi connectivity index (χ3n) is 2.05. The normalized spacial score (nSPS) is 12.2. The van der Waals surface area contributed by atoms with Gasteiger partial charge in [-0.05, 0) is 31.5 Å². The Labute approximate surface area is 100 Å². The Morgan fingerprint density at radius 1 is 1.56 bits per heavy atom. The molecule has 88 valence electrons. The molecule has 0 aromatic heterocycles. The van der Waals surface area contributed by atoms with Gasteiger partial charge >= 0.3 is 5.97 Å². The van der Waals surface area contributed by atoms with Gasteiger partial charge in [0.2, 0.25) is 0 Å². The maximum atomic E-state index is 11.2. The molecule has 0 aliphatic carbocycles. The first-order valence-corrected chi connectivity index (χ1v) is 6.26. The minimum absolute atomic E-state index is 0.0168. The molecule has 0 amide bonds. The van der Waals surface area contributed by atoms with Crippen LogP contribution in [0.5, 0.6) is 0 Å². The monoisotopic (exact) mass is 239 g/mol. The lowest BCUT2D eigenvalue weighted by atomic mass is 10.1. The molecule has 1 aromatic rings. The summed E-state index contributed by atoms with van der Waals surface area (Å²) >= 11 is 1.47. The molecule has 0 heterocycles. The van der Waals surface area contributed by atoms with Gasteiger partial charge < -0.3 is 10.5 Å². The van der Waals surface area contributed by atoms with Gasteiger partial charge in [-0.2, -0.15) is 0 Å². The first-order chi connectivity index (χ1) is 7.63. The molecule has 0 radical (unpaired) electrons. The van der Waals surface area contributed by atoms with E-state index in [-0.39, 0.29) is 12.0 Å². The molecule has 0 fully saturated rings. The Balaban J connectivity index is 2.54. The van der Waals surface area contributed by atoms with E-state index in [0.29, 0.717) is 12.4 Å². The first-order valence-electron chi connectivity index (χ1n) is 5.27. The van der Waals surface area contributed by atoms with Crippen molar-refractivity contribution in [3.63, 3.8) is 0 Å². The summed E-state index contributed by atoms with van der Waals surface area (Å²) in [6.07, 6.45) is 0. The van der Waals surface area contributed by atoms with Crippen LogP contribution in [0.4, 0.5) is 0 Å². The summed E-state index contributed by atoms with van der Waals surface area (Å²) in [5.41, 5.74) is 6.86. The zero-order valence-corrected chi connectivity index (χ0v) is 10.4. The van der Waals surface area contributed by atoms with Crippen molar-refractivity contribution in [2.24, 2.45) is 5.73 Å². The number of hydrogen-bond acceptors (Lipinski definition) is 4. The number of carbonyl (C=O) groups excluding carboxylic acids is 1. The van der Waals surface area contributed by atoms with Crippen LogP contribution in [0.15, 0.2) is 29.2 Å². The van der Waals surface area contributed by atoms with E-state index in [0.717, 1.165) is 10.5 Å². The number of benzene rings is 1. The van der Waals surface area contributed by atoms with Gasteiger partial charge in [0.05, 0.1) is 12.4 Å². The van der Waals surface area contributed by atoms with E-state index in [1.807, 2.05) is 31.2 Å². The molecule has 0 aliphatic rings. The maximum absolute atomic E-state index is 11.2. The maximum Gasteiger partial charge on any atom is 0.316 e. The lowest BCUT2D eigenvalue weighted by Crippen LogP contribution is -2.07. The van der Waals surface area contributed by atoms with Crippen LogP contribution >= 0.6 is 11.8 Å². The van der Waals surface area contributed by atoms with Crippen molar-refractivity contribution < 1.29 is 9.53 Å². The van der Waals surface area contributed by atoms with E-state index in [1.54, 1.807) is 6.92 Å². The van der Waals surface area contributed by atoms with Crippen LogP contribution in [0.2, 0.25) is 0 Å². The highest BCUT2D eigenvalue weighted by Crippen LogP contribution is 2.21. The number of nitrogens with two attached hydrogens (primary N) is 1. The summed E-state index contributed by atoms with van der Waals surface area (Å²) in [4.78, 5) is 12.2. The Morgan fingerprint density at radius 2 is 2.31 bits per heavy atom. The zero-order chi connectivity index (χ0) is 12.0. The number of rotatable bonds is 5. The Kier molecular flexibility index (Phi) is 5.35. The van der Waals surface area contributed by atoms with E-state index >= 15 is 0 Å². The van der Waals surface area contributed by atoms with Crippen LogP contribution in [0.1, 0.15) is 25.5 Å². The van der Waals surface area contributed by atoms with Crippen LogP contribution in [0.3, 0.4) is 0 Å². The molecule has 3 nitrogen and oxygen atoms in total. The fourth-order valence-electron chi connectivity index (χ4n) is 1.23. The highest BCUT2D eigenvalue weighted by Gasteiger charge is 2.05. The third-order valence-corrected chi connectivity index (χ3v) is 3.01. The van der Waals surface area contributed by atoms with Crippen LogP contribution < -0.4 is 5.73 Å². The highest BCUT2D eigenvalue weighted by molar-refractivity contribution is 8.00. The van der Waals surface area contributed by atoms with E-state index in [2.05, 4.69) is 0 Å². The van der Waals surface area contributed by atoms with Gasteiger partial charge in [0.25, 0.3) is 0 Å². The minimum atomic E-state index is -0.182. The average molecular weight is 239 g/mol. The van der Waals surface area contributed by atoms with Crippen molar-refractivity contribution in [1.82, 2.24) is 0 Å². The second kappa shape index (κ2) is 6.55. The van der Waals surface area contributed by atoms with Gasteiger partial charge in [-0.3, -0.25) is 4.79 Å². The molecule has 1 unspecified atom stereocenters. The fourth-order valence-corrected chi connectivity index (χ4v) is 1.99. The summed E-state index contributed by atoms with van der Waals surface area (Å²) < 4.78 is 4.86. The summed E-state index contributed by atoms with van der Waals surface area (Å²) in [5.74, 6) is 0.162. The molecule has 4 heteroatoms. The molecule has 16 heavy (non-hydrogen) atoms. The molecule has 1 atom stereocenters. The largest absolute Gasteiger partial charge is 0.465 e. The SMILES string of the molecule is CCOC(=O)CSc1cccc(C(C)N)c1. The van der Waals surface area contributed by atoms with Crippen molar-refractivity contribution in [3.05, 3.63) is 29.8 Å². The first kappa shape index (κ1) is 13.1. The summed E-state index contributed by atoms with van der Waals surface area (Å²) in [6.45, 7) is 4.17. The average Bonchev–Trinajstić information content (AvgIpc) is 2.27. The lowest BCUT2D eigenvalue weighted by molar-refractivity contribution is -0.139. The summed E-state index contributed by atoms with van der Waals surface area (Å²) in [7, 11) is 0. The van der Waals surface area contributed by atoms with Crippen LogP contribution in [0, 0.1) is 0 Å². The Bertz CT molecular complexity index is 353. The van der Waals surface area contributed by atoms with E-state index in [1.165, 1.54) is 11.8 Å². The van der Waals surface area contributed by atoms with Gasteiger partial charge in [0, 0.05) is 10.9 Å². The second-order valence-corrected chi connectivity index (χ2v) is 4.50. The predicted octanol–water partition coefficient (Wildman–Crippen LogP) is 2.36. The number of esters is 1. The molecule has 0 bridgehead atoms. The summed E-state index contributed by atoms with van der Waals surface area (Å²) in [5, 5.41) is 0. The van der Waals surface area contributed by atoms with Crippen molar-refractivity contribution in [3.8, 4) is 0 Å². The molecule has 2 N–H and O–H groups in total. The van der Waals surface area contributed by atoms with E-state index in [9.17, 15) is 4.79 Å². The molecule has 0 spiro atoms. The third kappa shape index (κ3) is 4.24. The summed E-state index contributed by atoms with van der Waals surface area (Å²) in [6, 6.07) is 7.93. The van der Waals surface area contributed by atoms with Crippen LogP contribution in [0.25, 0.3) is 0 Å². The quantitative estimate of drug-likeness (QED) is 0.633. The second-order valence-electron chi connectivity index (χ2n) is 3.45. The van der Waals surface area contributed by atoms with Gasteiger partial charge in [0.15, 0.2) is 0 Å². The molecule has 1 aromatic carbocycles. The zero-order valence-electron chi connectivity index (χ0n) is 9.60. The van der Waals surface area contributed by atoms with Gasteiger partial charge in [0.1, 0.15) is 0 Å². The number of carbonyl (C=O) groups is 1. The Morgan fingerprint density at radius 3 is 2.94 bits per heavy atom. The van der Waals surface area contributed by atoms with Gasteiger partial charge in [-0.15, -0.1) is 11.8 Å². The van der Waals surface area contributed by atoms with E-state index < -0.39 is 0 Å². The molecule has 1 rings (SSSR count). The van der Waals surface area contributed by atoms with Gasteiger partial charge in [-0.1, -0.05) is 12.1 Å². The molecule has 0 saturated heterocycles. The fraction of sp³-hybridized carbons (Fsp3) is 0.417. The van der Waals surface area contributed by atoms with Crippen molar-refractivity contribution in [2.45, 2.75) is 24.8 Å². The smallest absolute Gasteiger partial charge is 0.316 e. The topological polar surface area (TPSA) is 52.3 Å². The molecule has 0 saturated carbocycles. The van der Waals surface area contributed by atoms with E-state index in [4.69, 9.17) is 10.5 Å². The van der Waals surface area contributed by atoms with Crippen LogP contribution in [-0.4, -0.2) is 18.3 Å². The Hall–Kier alpha value is -1.00. The lowest BCUT2D eigenvalue weighted by Gasteiger charge is -2.07. The molecule has 0 aliphatic heterocycles. The predicted molar refractivity (Wildman–Crippen MR) is 66.4 cm³/mol. The minimum Gasteiger partial charge on any atom is -0.465 e. The number of thioether (sulfide) groups is 1.